The predicted octanol–water partition coefficient (Wildman–Crippen LogP) is 4.71. The molecule has 1 aromatic heterocycles. The Morgan fingerprint density at radius 1 is 1.12 bits per heavy atom. The minimum Gasteiger partial charge on any atom is -0.452 e. The van der Waals surface area contributed by atoms with Crippen molar-refractivity contribution in [3.8, 4) is 0 Å². The van der Waals surface area contributed by atoms with Crippen LogP contribution in [0.1, 0.15) is 49.2 Å². The maximum Gasteiger partial charge on any atom is 0.414 e. The number of aryl methyl sites for hydroxylation is 1. The molecule has 1 saturated carbocycles. The van der Waals surface area contributed by atoms with Gasteiger partial charge in [0.05, 0.1) is 23.8 Å². The molecule has 0 spiro atoms. The number of carbonyl (C=O) groups excluding carboxylic acids is 1. The number of methoxy groups -OCH3 is 1. The summed E-state index contributed by atoms with van der Waals surface area (Å²) >= 11 is 0. The lowest BCUT2D eigenvalue weighted by molar-refractivity contribution is 0.175. The zero-order valence-corrected chi connectivity index (χ0v) is 19.5. The van der Waals surface area contributed by atoms with Gasteiger partial charge < -0.3 is 14.6 Å². The Labute approximate surface area is 194 Å². The Bertz CT molecular complexity index is 1190. The first-order valence-corrected chi connectivity index (χ1v) is 12.3. The molecule has 2 aromatic carbocycles. The summed E-state index contributed by atoms with van der Waals surface area (Å²) in [6.45, 7) is 4.33. The molecule has 1 N–H and O–H groups in total. The molecule has 6 nitrogen and oxygen atoms in total. The summed E-state index contributed by atoms with van der Waals surface area (Å²) in [5.41, 5.74) is 5.70. The van der Waals surface area contributed by atoms with Crippen LogP contribution < -0.4 is 10.2 Å². The van der Waals surface area contributed by atoms with Crippen LogP contribution in [0.5, 0.6) is 0 Å². The van der Waals surface area contributed by atoms with Crippen molar-refractivity contribution >= 4 is 22.8 Å². The van der Waals surface area contributed by atoms with E-state index in [2.05, 4.69) is 59.3 Å². The molecule has 2 aliphatic heterocycles. The van der Waals surface area contributed by atoms with Crippen LogP contribution >= 0.6 is 0 Å². The van der Waals surface area contributed by atoms with E-state index in [0.717, 1.165) is 55.3 Å². The maximum atomic E-state index is 12.6. The molecule has 1 saturated heterocycles. The third-order valence-electron chi connectivity index (χ3n) is 8.16. The molecule has 6 heteroatoms. The first-order chi connectivity index (χ1) is 16.2. The number of fused-ring (bicyclic) bond motifs is 4. The third kappa shape index (κ3) is 3.34. The first-order valence-electron chi connectivity index (χ1n) is 12.3. The van der Waals surface area contributed by atoms with E-state index in [1.165, 1.54) is 36.6 Å². The van der Waals surface area contributed by atoms with Crippen molar-refractivity contribution in [2.75, 3.05) is 25.1 Å². The molecule has 6 rings (SSSR count). The molecule has 3 aliphatic rings. The van der Waals surface area contributed by atoms with Crippen LogP contribution in [0.4, 0.5) is 10.5 Å². The number of benzene rings is 2. The quantitative estimate of drug-likeness (QED) is 0.636. The van der Waals surface area contributed by atoms with Gasteiger partial charge in [-0.3, -0.25) is 4.90 Å². The van der Waals surface area contributed by atoms with Gasteiger partial charge in [0, 0.05) is 30.6 Å². The second-order valence-electron chi connectivity index (χ2n) is 9.95. The SMILES string of the molecule is COC(=O)N1c2ccc3c(nc(Cc4ccccc4)n3[C@@H]3CC[C@H]4CNC[C@H]43)c2CC[C@@H]1C. The number of anilines is 1. The second kappa shape index (κ2) is 8.17. The van der Waals surface area contributed by atoms with Crippen LogP contribution in [-0.2, 0) is 17.6 Å². The smallest absolute Gasteiger partial charge is 0.414 e. The number of nitrogens with zero attached hydrogens (tertiary/aromatic N) is 3. The summed E-state index contributed by atoms with van der Waals surface area (Å²) in [7, 11) is 1.46. The van der Waals surface area contributed by atoms with Crippen LogP contribution in [0.15, 0.2) is 42.5 Å². The summed E-state index contributed by atoms with van der Waals surface area (Å²) in [6, 6.07) is 15.6. The van der Waals surface area contributed by atoms with E-state index in [1.807, 2.05) is 0 Å². The number of amides is 1. The topological polar surface area (TPSA) is 59.4 Å². The third-order valence-corrected chi connectivity index (χ3v) is 8.16. The highest BCUT2D eigenvalue weighted by atomic mass is 16.5. The number of imidazole rings is 1. The Balaban J connectivity index is 1.51. The molecular formula is C27H32N4O2. The van der Waals surface area contributed by atoms with Crippen LogP contribution in [0.2, 0.25) is 0 Å². The van der Waals surface area contributed by atoms with Crippen molar-refractivity contribution in [2.24, 2.45) is 11.8 Å². The number of hydrogen-bond donors (Lipinski definition) is 1. The van der Waals surface area contributed by atoms with Gasteiger partial charge in [0.15, 0.2) is 0 Å². The average Bonchev–Trinajstić information content (AvgIpc) is 3.53. The van der Waals surface area contributed by atoms with E-state index < -0.39 is 0 Å². The molecule has 3 aromatic rings. The maximum absolute atomic E-state index is 12.6. The number of aromatic nitrogens is 2. The Hall–Kier alpha value is -2.86. The van der Waals surface area contributed by atoms with Gasteiger partial charge in [0.1, 0.15) is 5.82 Å². The average molecular weight is 445 g/mol. The molecule has 33 heavy (non-hydrogen) atoms. The lowest BCUT2D eigenvalue weighted by Crippen LogP contribution is -2.42. The van der Waals surface area contributed by atoms with Gasteiger partial charge >= 0.3 is 6.09 Å². The molecule has 1 aliphatic carbocycles. The Morgan fingerprint density at radius 2 is 1.97 bits per heavy atom. The van der Waals surface area contributed by atoms with Crippen molar-refractivity contribution in [2.45, 2.75) is 51.1 Å². The molecule has 0 radical (unpaired) electrons. The fourth-order valence-corrected chi connectivity index (χ4v) is 6.54. The molecular weight excluding hydrogens is 412 g/mol. The molecule has 172 valence electrons. The summed E-state index contributed by atoms with van der Waals surface area (Å²) in [5.74, 6) is 2.58. The van der Waals surface area contributed by atoms with Crippen molar-refractivity contribution < 1.29 is 9.53 Å². The van der Waals surface area contributed by atoms with E-state index in [-0.39, 0.29) is 12.1 Å². The van der Waals surface area contributed by atoms with E-state index in [1.54, 1.807) is 4.90 Å². The zero-order chi connectivity index (χ0) is 22.5. The second-order valence-corrected chi connectivity index (χ2v) is 9.95. The number of rotatable bonds is 3. The monoisotopic (exact) mass is 444 g/mol. The van der Waals surface area contributed by atoms with Crippen LogP contribution in [0.25, 0.3) is 11.0 Å². The normalized spacial score (nSPS) is 26.4. The molecule has 2 fully saturated rings. The van der Waals surface area contributed by atoms with Gasteiger partial charge in [-0.25, -0.2) is 9.78 Å². The van der Waals surface area contributed by atoms with E-state index >= 15 is 0 Å². The van der Waals surface area contributed by atoms with Gasteiger partial charge in [-0.05, 0) is 68.7 Å². The predicted molar refractivity (Wildman–Crippen MR) is 130 cm³/mol. The molecule has 0 bridgehead atoms. The highest BCUT2D eigenvalue weighted by Crippen LogP contribution is 2.45. The van der Waals surface area contributed by atoms with Gasteiger partial charge in [-0.2, -0.15) is 0 Å². The number of carbonyl (C=O) groups is 1. The van der Waals surface area contributed by atoms with E-state index in [4.69, 9.17) is 9.72 Å². The lowest BCUT2D eigenvalue weighted by Gasteiger charge is -2.34. The fraction of sp³-hybridized carbons (Fsp3) is 0.481. The van der Waals surface area contributed by atoms with Gasteiger partial charge in [-0.1, -0.05) is 30.3 Å². The highest BCUT2D eigenvalue weighted by molar-refractivity contribution is 5.95. The Kier molecular flexibility index (Phi) is 5.13. The van der Waals surface area contributed by atoms with Crippen LogP contribution in [0.3, 0.4) is 0 Å². The van der Waals surface area contributed by atoms with Crippen molar-refractivity contribution in [3.63, 3.8) is 0 Å². The molecule has 4 atom stereocenters. The molecule has 0 unspecified atom stereocenters. The molecule has 3 heterocycles. The van der Waals surface area contributed by atoms with Crippen LogP contribution in [-0.4, -0.2) is 41.9 Å². The van der Waals surface area contributed by atoms with Gasteiger partial charge in [0.2, 0.25) is 0 Å². The lowest BCUT2D eigenvalue weighted by atomic mass is 9.95. The summed E-state index contributed by atoms with van der Waals surface area (Å²) < 4.78 is 7.68. The van der Waals surface area contributed by atoms with Gasteiger partial charge in [-0.15, -0.1) is 0 Å². The minimum absolute atomic E-state index is 0.119. The zero-order valence-electron chi connectivity index (χ0n) is 19.5. The number of ether oxygens (including phenoxy) is 1. The van der Waals surface area contributed by atoms with Crippen molar-refractivity contribution in [3.05, 3.63) is 59.4 Å². The standard InChI is InChI=1S/C27H32N4O2/c1-17-8-10-20-22(30(17)27(32)33-2)12-13-24-26(20)29-25(14-18-6-4-3-5-7-18)31(24)23-11-9-19-15-28-16-21(19)23/h3-7,12-13,17,19,21,23,28H,8-11,14-16H2,1-2H3/t17-,19-,21+,23+/m0/s1. The Morgan fingerprint density at radius 3 is 2.79 bits per heavy atom. The first kappa shape index (κ1) is 20.7. The highest BCUT2D eigenvalue weighted by Gasteiger charge is 2.42. The fourth-order valence-electron chi connectivity index (χ4n) is 6.54. The van der Waals surface area contributed by atoms with E-state index in [0.29, 0.717) is 12.0 Å². The number of hydrogen-bond acceptors (Lipinski definition) is 4. The van der Waals surface area contributed by atoms with Crippen LogP contribution in [0, 0.1) is 11.8 Å². The summed E-state index contributed by atoms with van der Waals surface area (Å²) in [4.78, 5) is 19.7. The summed E-state index contributed by atoms with van der Waals surface area (Å²) in [5, 5.41) is 3.62. The van der Waals surface area contributed by atoms with E-state index in [9.17, 15) is 4.79 Å². The largest absolute Gasteiger partial charge is 0.452 e. The number of nitrogens with one attached hydrogen (secondary N) is 1. The minimum atomic E-state index is -0.289. The molecule has 1 amide bonds. The van der Waals surface area contributed by atoms with Crippen molar-refractivity contribution in [1.82, 2.24) is 14.9 Å². The van der Waals surface area contributed by atoms with Gasteiger partial charge in [0.25, 0.3) is 0 Å². The van der Waals surface area contributed by atoms with Crippen molar-refractivity contribution in [1.29, 1.82) is 0 Å². The summed E-state index contributed by atoms with van der Waals surface area (Å²) in [6.07, 6.45) is 4.88.